The molecule has 0 aliphatic heterocycles. The van der Waals surface area contributed by atoms with Gasteiger partial charge in [-0.15, -0.1) is 11.3 Å². The summed E-state index contributed by atoms with van der Waals surface area (Å²) >= 11 is 1.12. The molecule has 7 nitrogen and oxygen atoms in total. The van der Waals surface area contributed by atoms with Crippen LogP contribution in [0.5, 0.6) is 0 Å². The van der Waals surface area contributed by atoms with E-state index in [2.05, 4.69) is 4.98 Å². The number of hydrogen-bond donors (Lipinski definition) is 2. The van der Waals surface area contributed by atoms with Gasteiger partial charge in [-0.2, -0.15) is 0 Å². The van der Waals surface area contributed by atoms with Crippen molar-refractivity contribution in [1.82, 2.24) is 4.98 Å². The largest absolute Gasteiger partial charge is 0.480 e. The second kappa shape index (κ2) is 5.12. The number of nitrogens with zero attached hydrogens (tertiary/aromatic N) is 2. The highest BCUT2D eigenvalue weighted by atomic mass is 32.1. The molecule has 98 valence electrons. The maximum atomic E-state index is 10.9. The first-order chi connectivity index (χ1) is 9.00. The van der Waals surface area contributed by atoms with Crippen LogP contribution >= 0.6 is 11.3 Å². The number of carbonyl (C=O) groups is 1. The topological polar surface area (TPSA) is 119 Å². The summed E-state index contributed by atoms with van der Waals surface area (Å²) in [6.07, 6.45) is 0. The summed E-state index contributed by atoms with van der Waals surface area (Å²) in [7, 11) is 0. The van der Waals surface area contributed by atoms with Crippen molar-refractivity contribution in [3.63, 3.8) is 0 Å². The Labute approximate surface area is 111 Å². The lowest BCUT2D eigenvalue weighted by atomic mass is 10.2. The van der Waals surface area contributed by atoms with Crippen LogP contribution in [0.1, 0.15) is 11.7 Å². The maximum absolute atomic E-state index is 10.9. The number of aromatic nitrogens is 1. The zero-order valence-electron chi connectivity index (χ0n) is 9.52. The summed E-state index contributed by atoms with van der Waals surface area (Å²) in [5, 5.41) is 21.6. The van der Waals surface area contributed by atoms with Crippen molar-refractivity contribution in [2.45, 2.75) is 6.04 Å². The fraction of sp³-hybridized carbons (Fsp3) is 0.0909. The van der Waals surface area contributed by atoms with Crippen LogP contribution < -0.4 is 5.73 Å². The van der Waals surface area contributed by atoms with E-state index in [1.54, 1.807) is 18.2 Å². The van der Waals surface area contributed by atoms with Crippen LogP contribution in [0.4, 0.5) is 5.69 Å². The zero-order valence-corrected chi connectivity index (χ0v) is 10.3. The molecule has 0 bridgehead atoms. The SMILES string of the molecule is NC(C(=O)O)c1csc(-c2ccccc2[N+](=O)[O-])n1. The number of rotatable bonds is 4. The molecule has 0 aliphatic carbocycles. The minimum absolute atomic E-state index is 0.0766. The molecular formula is C11H9N3O4S. The lowest BCUT2D eigenvalue weighted by molar-refractivity contribution is -0.384. The Kier molecular flexibility index (Phi) is 3.54. The summed E-state index contributed by atoms with van der Waals surface area (Å²) < 4.78 is 0. The van der Waals surface area contributed by atoms with Gasteiger partial charge in [0.15, 0.2) is 0 Å². The van der Waals surface area contributed by atoms with Gasteiger partial charge in [0.05, 0.1) is 16.2 Å². The highest BCUT2D eigenvalue weighted by Crippen LogP contribution is 2.32. The molecule has 0 fully saturated rings. The molecule has 2 aromatic rings. The molecule has 0 saturated carbocycles. The van der Waals surface area contributed by atoms with Crippen molar-refractivity contribution < 1.29 is 14.8 Å². The third kappa shape index (κ3) is 2.59. The van der Waals surface area contributed by atoms with Gasteiger partial charge in [-0.25, -0.2) is 4.98 Å². The Morgan fingerprint density at radius 2 is 2.16 bits per heavy atom. The molecule has 0 radical (unpaired) electrons. The normalized spacial score (nSPS) is 12.1. The van der Waals surface area contributed by atoms with Crippen molar-refractivity contribution in [2.75, 3.05) is 0 Å². The first-order valence-electron chi connectivity index (χ1n) is 5.18. The summed E-state index contributed by atoms with van der Waals surface area (Å²) in [5.74, 6) is -1.19. The van der Waals surface area contributed by atoms with Crippen molar-refractivity contribution in [2.24, 2.45) is 5.73 Å². The van der Waals surface area contributed by atoms with Crippen LogP contribution in [-0.4, -0.2) is 21.0 Å². The molecule has 1 aromatic heterocycles. The van der Waals surface area contributed by atoms with Crippen molar-refractivity contribution >= 4 is 23.0 Å². The van der Waals surface area contributed by atoms with E-state index >= 15 is 0 Å². The lowest BCUT2D eigenvalue weighted by Crippen LogP contribution is -2.20. The van der Waals surface area contributed by atoms with Crippen LogP contribution in [-0.2, 0) is 4.79 Å². The van der Waals surface area contributed by atoms with E-state index in [1.165, 1.54) is 11.4 Å². The van der Waals surface area contributed by atoms with E-state index in [4.69, 9.17) is 10.8 Å². The third-order valence-corrected chi connectivity index (χ3v) is 3.33. The number of carboxylic acid groups (broad SMARTS) is 1. The summed E-state index contributed by atoms with van der Waals surface area (Å²) in [4.78, 5) is 25.2. The monoisotopic (exact) mass is 279 g/mol. The Morgan fingerprint density at radius 3 is 2.79 bits per heavy atom. The van der Waals surface area contributed by atoms with Crippen LogP contribution in [0.15, 0.2) is 29.6 Å². The van der Waals surface area contributed by atoms with Gasteiger partial charge in [-0.1, -0.05) is 12.1 Å². The van der Waals surface area contributed by atoms with Crippen LogP contribution in [0, 0.1) is 10.1 Å². The number of carboxylic acids is 1. The average molecular weight is 279 g/mol. The van der Waals surface area contributed by atoms with E-state index in [0.29, 0.717) is 10.6 Å². The first-order valence-corrected chi connectivity index (χ1v) is 6.06. The number of nitro benzene ring substituents is 1. The first kappa shape index (κ1) is 13.1. The highest BCUT2D eigenvalue weighted by molar-refractivity contribution is 7.13. The molecule has 1 unspecified atom stereocenters. The predicted molar refractivity (Wildman–Crippen MR) is 68.8 cm³/mol. The summed E-state index contributed by atoms with van der Waals surface area (Å²) in [5.41, 5.74) is 5.90. The third-order valence-electron chi connectivity index (χ3n) is 2.44. The van der Waals surface area contributed by atoms with Gasteiger partial charge in [0.25, 0.3) is 5.69 Å². The zero-order chi connectivity index (χ0) is 14.0. The Bertz CT molecular complexity index is 640. The number of thiazole rings is 1. The van der Waals surface area contributed by atoms with Gasteiger partial charge < -0.3 is 10.8 Å². The maximum Gasteiger partial charge on any atom is 0.326 e. The van der Waals surface area contributed by atoms with Crippen LogP contribution in [0.3, 0.4) is 0 Å². The molecule has 0 aliphatic rings. The van der Waals surface area contributed by atoms with Crippen molar-refractivity contribution in [1.29, 1.82) is 0 Å². The standard InChI is InChI=1S/C11H9N3O4S/c12-9(11(15)16)7-5-19-10(13-7)6-3-1-2-4-8(6)14(17)18/h1-5,9H,12H2,(H,15,16). The van der Waals surface area contributed by atoms with Gasteiger partial charge >= 0.3 is 5.97 Å². The summed E-state index contributed by atoms with van der Waals surface area (Å²) in [6.45, 7) is 0. The number of nitrogens with two attached hydrogens (primary N) is 1. The van der Waals surface area contributed by atoms with Crippen LogP contribution in [0.2, 0.25) is 0 Å². The van der Waals surface area contributed by atoms with Gasteiger partial charge in [0.2, 0.25) is 0 Å². The molecule has 19 heavy (non-hydrogen) atoms. The Morgan fingerprint density at radius 1 is 1.47 bits per heavy atom. The van der Waals surface area contributed by atoms with Gasteiger partial charge in [-0.3, -0.25) is 14.9 Å². The minimum atomic E-state index is -1.23. The van der Waals surface area contributed by atoms with Gasteiger partial charge in [0.1, 0.15) is 11.0 Å². The molecule has 1 atom stereocenters. The molecule has 2 rings (SSSR count). The molecule has 3 N–H and O–H groups in total. The molecule has 8 heteroatoms. The Hall–Kier alpha value is -2.32. The Balaban J connectivity index is 2.44. The quantitative estimate of drug-likeness (QED) is 0.650. The van der Waals surface area contributed by atoms with Crippen molar-refractivity contribution in [3.8, 4) is 10.6 Å². The number of benzene rings is 1. The fourth-order valence-electron chi connectivity index (χ4n) is 1.49. The second-order valence-electron chi connectivity index (χ2n) is 3.67. The van der Waals surface area contributed by atoms with E-state index < -0.39 is 16.9 Å². The number of hydrogen-bond acceptors (Lipinski definition) is 6. The highest BCUT2D eigenvalue weighted by Gasteiger charge is 2.21. The molecule has 0 spiro atoms. The molecule has 1 heterocycles. The van der Waals surface area contributed by atoms with E-state index in [1.807, 2.05) is 0 Å². The number of para-hydroxylation sites is 1. The number of nitro groups is 1. The molecular weight excluding hydrogens is 270 g/mol. The predicted octanol–water partition coefficient (Wildman–Crippen LogP) is 1.80. The molecule has 1 aromatic carbocycles. The summed E-state index contributed by atoms with van der Waals surface area (Å²) in [6, 6.07) is 4.91. The van der Waals surface area contributed by atoms with Gasteiger partial charge in [-0.05, 0) is 6.07 Å². The fourth-order valence-corrected chi connectivity index (χ4v) is 2.38. The van der Waals surface area contributed by atoms with Crippen molar-refractivity contribution in [3.05, 3.63) is 45.5 Å². The van der Waals surface area contributed by atoms with E-state index in [-0.39, 0.29) is 11.4 Å². The van der Waals surface area contributed by atoms with E-state index in [0.717, 1.165) is 11.3 Å². The number of aliphatic carboxylic acids is 1. The average Bonchev–Trinajstić information content (AvgIpc) is 2.87. The molecule has 0 saturated heterocycles. The smallest absolute Gasteiger partial charge is 0.326 e. The van der Waals surface area contributed by atoms with E-state index in [9.17, 15) is 14.9 Å². The van der Waals surface area contributed by atoms with Crippen LogP contribution in [0.25, 0.3) is 10.6 Å². The van der Waals surface area contributed by atoms with Gasteiger partial charge in [0, 0.05) is 11.4 Å². The second-order valence-corrected chi connectivity index (χ2v) is 4.53. The lowest BCUT2D eigenvalue weighted by Gasteiger charge is -2.01. The molecule has 0 amide bonds. The minimum Gasteiger partial charge on any atom is -0.480 e.